The molecule has 1 N–H and O–H groups in total. The third-order valence-corrected chi connectivity index (χ3v) is 6.18. The smallest absolute Gasteiger partial charge is 0.234 e. The largest absolute Gasteiger partial charge is 0.486 e. The molecule has 0 saturated carbocycles. The van der Waals surface area contributed by atoms with Gasteiger partial charge in [0.15, 0.2) is 11.5 Å². The van der Waals surface area contributed by atoms with Crippen LogP contribution >= 0.6 is 11.6 Å². The average Bonchev–Trinajstić information content (AvgIpc) is 3.17. The zero-order chi connectivity index (χ0) is 20.4. The van der Waals surface area contributed by atoms with Crippen LogP contribution in [0.25, 0.3) is 11.5 Å². The molecule has 0 amide bonds. The van der Waals surface area contributed by atoms with Gasteiger partial charge in [-0.1, -0.05) is 29.8 Å². The summed E-state index contributed by atoms with van der Waals surface area (Å²) < 4.78 is 43.3. The van der Waals surface area contributed by atoms with E-state index in [9.17, 15) is 8.42 Å². The van der Waals surface area contributed by atoms with Crippen molar-refractivity contribution in [3.63, 3.8) is 0 Å². The number of hydrogen-bond acceptors (Lipinski definition) is 7. The second-order valence-electron chi connectivity index (χ2n) is 6.11. The number of nitrogens with zero attached hydrogens (tertiary/aromatic N) is 1. The Morgan fingerprint density at radius 2 is 1.90 bits per heavy atom. The summed E-state index contributed by atoms with van der Waals surface area (Å²) in [4.78, 5) is 4.26. The molecule has 0 saturated heterocycles. The Kier molecular flexibility index (Phi) is 5.21. The molecule has 9 heteroatoms. The number of oxazole rings is 1. The van der Waals surface area contributed by atoms with Crippen LogP contribution in [-0.2, 0) is 9.84 Å². The van der Waals surface area contributed by atoms with Crippen LogP contribution in [0.2, 0.25) is 5.02 Å². The number of aromatic nitrogens is 1. The lowest BCUT2D eigenvalue weighted by molar-refractivity contribution is 0.171. The van der Waals surface area contributed by atoms with E-state index < -0.39 is 9.84 Å². The van der Waals surface area contributed by atoms with Crippen LogP contribution in [0.4, 0.5) is 5.88 Å². The molecule has 0 radical (unpaired) electrons. The van der Waals surface area contributed by atoms with Crippen LogP contribution in [-0.4, -0.2) is 33.2 Å². The molecule has 4 rings (SSSR count). The van der Waals surface area contributed by atoms with Gasteiger partial charge in [-0.25, -0.2) is 8.42 Å². The Morgan fingerprint density at radius 3 is 2.66 bits per heavy atom. The molecule has 1 aromatic heterocycles. The van der Waals surface area contributed by atoms with Crippen LogP contribution in [0.3, 0.4) is 0 Å². The number of anilines is 1. The van der Waals surface area contributed by atoms with Crippen LogP contribution in [0.1, 0.15) is 0 Å². The molecule has 0 unspecified atom stereocenters. The summed E-state index contributed by atoms with van der Waals surface area (Å²) >= 11 is 6.22. The predicted octanol–water partition coefficient (Wildman–Crippen LogP) is 4.20. The number of fused-ring (bicyclic) bond motifs is 1. The lowest BCUT2D eigenvalue weighted by atomic mass is 10.2. The van der Waals surface area contributed by atoms with Gasteiger partial charge >= 0.3 is 0 Å². The zero-order valence-electron chi connectivity index (χ0n) is 15.2. The molecular weight excluding hydrogens is 416 g/mol. The van der Waals surface area contributed by atoms with Gasteiger partial charge in [0.25, 0.3) is 0 Å². The van der Waals surface area contributed by atoms with E-state index in [4.69, 9.17) is 25.5 Å². The molecule has 0 bridgehead atoms. The average molecular weight is 433 g/mol. The monoisotopic (exact) mass is 432 g/mol. The van der Waals surface area contributed by atoms with Gasteiger partial charge < -0.3 is 19.2 Å². The minimum atomic E-state index is -4.01. The second kappa shape index (κ2) is 7.81. The van der Waals surface area contributed by atoms with Gasteiger partial charge in [0.2, 0.25) is 26.6 Å². The topological polar surface area (TPSA) is 90.7 Å². The summed E-state index contributed by atoms with van der Waals surface area (Å²) in [6.07, 6.45) is 1.58. The normalized spacial score (nSPS) is 13.1. The van der Waals surface area contributed by atoms with Gasteiger partial charge in [-0.15, -0.1) is 6.58 Å². The molecule has 0 spiro atoms. The fraction of sp³-hybridized carbons (Fsp3) is 0.150. The fourth-order valence-corrected chi connectivity index (χ4v) is 4.33. The third-order valence-electron chi connectivity index (χ3n) is 4.19. The van der Waals surface area contributed by atoms with E-state index in [2.05, 4.69) is 16.9 Å². The highest BCUT2D eigenvalue weighted by Crippen LogP contribution is 2.38. The van der Waals surface area contributed by atoms with Crippen LogP contribution < -0.4 is 14.8 Å². The third kappa shape index (κ3) is 3.68. The Morgan fingerprint density at radius 1 is 1.14 bits per heavy atom. The summed E-state index contributed by atoms with van der Waals surface area (Å²) in [5, 5.41) is 3.04. The van der Waals surface area contributed by atoms with E-state index >= 15 is 0 Å². The highest BCUT2D eigenvalue weighted by Gasteiger charge is 2.30. The van der Waals surface area contributed by atoms with Crippen molar-refractivity contribution in [2.45, 2.75) is 9.92 Å². The first-order chi connectivity index (χ1) is 14.0. The quantitative estimate of drug-likeness (QED) is 0.584. The van der Waals surface area contributed by atoms with Gasteiger partial charge in [0.1, 0.15) is 13.2 Å². The highest BCUT2D eigenvalue weighted by atomic mass is 35.5. The van der Waals surface area contributed by atoms with E-state index in [1.54, 1.807) is 36.4 Å². The Bertz CT molecular complexity index is 1170. The Labute approximate surface area is 172 Å². The minimum Gasteiger partial charge on any atom is -0.486 e. The molecule has 1 aliphatic heterocycles. The van der Waals surface area contributed by atoms with Gasteiger partial charge in [0.05, 0.1) is 15.5 Å². The number of halogens is 1. The lowest BCUT2D eigenvalue weighted by Gasteiger charge is -2.18. The molecular formula is C20H17ClN2O5S. The van der Waals surface area contributed by atoms with Crippen molar-refractivity contribution in [2.24, 2.45) is 0 Å². The summed E-state index contributed by atoms with van der Waals surface area (Å²) in [5.74, 6) is 0.970. The first-order valence-corrected chi connectivity index (χ1v) is 10.6. The van der Waals surface area contributed by atoms with Crippen molar-refractivity contribution < 1.29 is 22.3 Å². The van der Waals surface area contributed by atoms with E-state index in [0.29, 0.717) is 41.8 Å². The number of rotatable bonds is 6. The van der Waals surface area contributed by atoms with Gasteiger partial charge in [0, 0.05) is 12.6 Å². The molecule has 3 aromatic rings. The summed E-state index contributed by atoms with van der Waals surface area (Å²) in [7, 11) is -4.01. The predicted molar refractivity (Wildman–Crippen MR) is 109 cm³/mol. The molecule has 1 aliphatic rings. The van der Waals surface area contributed by atoms with Gasteiger partial charge in [-0.2, -0.15) is 4.98 Å². The number of sulfone groups is 1. The molecule has 0 aliphatic carbocycles. The van der Waals surface area contributed by atoms with Crippen LogP contribution in [0.5, 0.6) is 11.5 Å². The molecule has 2 aromatic carbocycles. The SMILES string of the molecule is C=CCNc1oc(-c2ccccc2Cl)nc1S(=O)(=O)c1ccc2c(c1)OCCO2. The summed E-state index contributed by atoms with van der Waals surface area (Å²) in [6, 6.07) is 11.3. The first kappa shape index (κ1) is 19.4. The Hall–Kier alpha value is -2.97. The second-order valence-corrected chi connectivity index (χ2v) is 8.38. The van der Waals surface area contributed by atoms with E-state index in [1.165, 1.54) is 12.1 Å². The number of benzene rings is 2. The summed E-state index contributed by atoms with van der Waals surface area (Å²) in [6.45, 7) is 4.69. The minimum absolute atomic E-state index is 0.00899. The van der Waals surface area contributed by atoms with E-state index in [0.717, 1.165) is 0 Å². The standard InChI is InChI=1S/C20H17ClN2O5S/c1-2-9-22-19-20(23-18(28-19)14-5-3-4-6-15(14)21)29(24,25)13-7-8-16-17(12-13)27-11-10-26-16/h2-8,12,22H,1,9-11H2. The van der Waals surface area contributed by atoms with Crippen molar-refractivity contribution in [3.05, 3.63) is 60.1 Å². The summed E-state index contributed by atoms with van der Waals surface area (Å²) in [5.41, 5.74) is 0.486. The van der Waals surface area contributed by atoms with E-state index in [-0.39, 0.29) is 21.7 Å². The van der Waals surface area contributed by atoms with Crippen molar-refractivity contribution in [3.8, 4) is 23.0 Å². The number of ether oxygens (including phenoxy) is 2. The fourth-order valence-electron chi connectivity index (χ4n) is 2.82. The van der Waals surface area contributed by atoms with Crippen molar-refractivity contribution in [1.29, 1.82) is 0 Å². The van der Waals surface area contributed by atoms with Crippen molar-refractivity contribution in [2.75, 3.05) is 25.1 Å². The van der Waals surface area contributed by atoms with Crippen molar-refractivity contribution >= 4 is 27.3 Å². The van der Waals surface area contributed by atoms with Crippen LogP contribution in [0.15, 0.2) is 69.5 Å². The van der Waals surface area contributed by atoms with Gasteiger partial charge in [-0.3, -0.25) is 0 Å². The maximum atomic E-state index is 13.3. The van der Waals surface area contributed by atoms with Crippen LogP contribution in [0, 0.1) is 0 Å². The molecule has 29 heavy (non-hydrogen) atoms. The maximum Gasteiger partial charge on any atom is 0.234 e. The molecule has 0 atom stereocenters. The van der Waals surface area contributed by atoms with Crippen molar-refractivity contribution in [1.82, 2.24) is 4.98 Å². The van der Waals surface area contributed by atoms with Gasteiger partial charge in [-0.05, 0) is 24.3 Å². The molecule has 7 nitrogen and oxygen atoms in total. The zero-order valence-corrected chi connectivity index (χ0v) is 16.8. The molecule has 2 heterocycles. The molecule has 0 fully saturated rings. The Balaban J connectivity index is 1.82. The highest BCUT2D eigenvalue weighted by molar-refractivity contribution is 7.91. The maximum absolute atomic E-state index is 13.3. The molecule has 150 valence electrons. The first-order valence-electron chi connectivity index (χ1n) is 8.76. The van der Waals surface area contributed by atoms with E-state index in [1.807, 2.05) is 0 Å². The number of hydrogen-bond donors (Lipinski definition) is 1. The lowest BCUT2D eigenvalue weighted by Crippen LogP contribution is -2.16. The number of nitrogens with one attached hydrogen (secondary N) is 1.